The highest BCUT2D eigenvalue weighted by atomic mass is 16.5. The molecular formula is C16H29N5O. The number of aromatic nitrogens is 3. The van der Waals surface area contributed by atoms with Gasteiger partial charge in [0.15, 0.2) is 0 Å². The molecule has 3 rings (SSSR count). The first-order valence-corrected chi connectivity index (χ1v) is 8.52. The monoisotopic (exact) mass is 307 g/mol. The predicted octanol–water partition coefficient (Wildman–Crippen LogP) is 1.10. The van der Waals surface area contributed by atoms with Crippen molar-refractivity contribution in [2.45, 2.75) is 38.8 Å². The Hall–Kier alpha value is -0.980. The minimum atomic E-state index is 0.0720. The molecule has 0 amide bonds. The molecule has 0 radical (unpaired) electrons. The second-order valence-corrected chi connectivity index (χ2v) is 7.27. The molecule has 2 aliphatic rings. The lowest BCUT2D eigenvalue weighted by Gasteiger charge is -2.40. The lowest BCUT2D eigenvalue weighted by Crippen LogP contribution is -2.49. The van der Waals surface area contributed by atoms with Crippen molar-refractivity contribution in [3.63, 3.8) is 0 Å². The third-order valence-electron chi connectivity index (χ3n) is 4.89. The number of hydrogen-bond acceptors (Lipinski definition) is 5. The van der Waals surface area contributed by atoms with Crippen molar-refractivity contribution in [3.8, 4) is 0 Å². The zero-order valence-corrected chi connectivity index (χ0v) is 13.9. The van der Waals surface area contributed by atoms with Crippen molar-refractivity contribution in [3.05, 3.63) is 12.7 Å². The first-order valence-electron chi connectivity index (χ1n) is 8.52. The zero-order chi connectivity index (χ0) is 15.4. The van der Waals surface area contributed by atoms with Gasteiger partial charge in [-0.15, -0.1) is 0 Å². The minimum absolute atomic E-state index is 0.0720. The van der Waals surface area contributed by atoms with Crippen molar-refractivity contribution in [2.24, 2.45) is 5.92 Å². The molecule has 2 saturated heterocycles. The molecule has 6 nitrogen and oxygen atoms in total. The fourth-order valence-electron chi connectivity index (χ4n) is 3.67. The normalized spacial score (nSPS) is 27.1. The minimum Gasteiger partial charge on any atom is -0.376 e. The molecular weight excluding hydrogens is 278 g/mol. The smallest absolute Gasteiger partial charge is 0.137 e. The number of nitrogens with zero attached hydrogens (tertiary/aromatic N) is 5. The molecule has 0 bridgehead atoms. The van der Waals surface area contributed by atoms with Crippen molar-refractivity contribution in [1.82, 2.24) is 24.6 Å². The van der Waals surface area contributed by atoms with E-state index in [0.29, 0.717) is 0 Å². The summed E-state index contributed by atoms with van der Waals surface area (Å²) in [4.78, 5) is 9.16. The van der Waals surface area contributed by atoms with Crippen molar-refractivity contribution in [1.29, 1.82) is 0 Å². The van der Waals surface area contributed by atoms with Gasteiger partial charge in [0, 0.05) is 45.9 Å². The summed E-state index contributed by atoms with van der Waals surface area (Å²) in [7, 11) is 0. The molecule has 1 atom stereocenters. The predicted molar refractivity (Wildman–Crippen MR) is 85.7 cm³/mol. The summed E-state index contributed by atoms with van der Waals surface area (Å²) in [5, 5.41) is 4.16. The van der Waals surface area contributed by atoms with E-state index >= 15 is 0 Å². The van der Waals surface area contributed by atoms with Gasteiger partial charge in [-0.25, -0.2) is 4.98 Å². The highest BCUT2D eigenvalue weighted by molar-refractivity contribution is 4.82. The van der Waals surface area contributed by atoms with Gasteiger partial charge in [0.1, 0.15) is 12.7 Å². The van der Waals surface area contributed by atoms with Crippen LogP contribution >= 0.6 is 0 Å². The average molecular weight is 307 g/mol. The number of ether oxygens (including phenoxy) is 1. The molecule has 22 heavy (non-hydrogen) atoms. The van der Waals surface area contributed by atoms with Crippen molar-refractivity contribution < 1.29 is 4.74 Å². The van der Waals surface area contributed by atoms with Gasteiger partial charge >= 0.3 is 0 Å². The second kappa shape index (κ2) is 7.06. The Kier molecular flexibility index (Phi) is 5.10. The van der Waals surface area contributed by atoms with Crippen LogP contribution in [0.5, 0.6) is 0 Å². The van der Waals surface area contributed by atoms with E-state index in [-0.39, 0.29) is 5.60 Å². The molecule has 0 spiro atoms. The van der Waals surface area contributed by atoms with Gasteiger partial charge in [-0.3, -0.25) is 9.58 Å². The largest absolute Gasteiger partial charge is 0.376 e. The summed E-state index contributed by atoms with van der Waals surface area (Å²) in [5.41, 5.74) is 0.0720. The molecule has 3 heterocycles. The highest BCUT2D eigenvalue weighted by Crippen LogP contribution is 2.29. The first kappa shape index (κ1) is 15.9. The molecule has 0 aromatic carbocycles. The van der Waals surface area contributed by atoms with Crippen LogP contribution in [0.25, 0.3) is 0 Å². The van der Waals surface area contributed by atoms with Gasteiger partial charge in [-0.1, -0.05) is 0 Å². The Morgan fingerprint density at radius 1 is 1.14 bits per heavy atom. The van der Waals surface area contributed by atoms with Crippen LogP contribution in [0.3, 0.4) is 0 Å². The van der Waals surface area contributed by atoms with E-state index in [2.05, 4.69) is 33.7 Å². The van der Waals surface area contributed by atoms with E-state index in [1.165, 1.54) is 45.6 Å². The molecule has 0 saturated carbocycles. The number of hydrogen-bond donors (Lipinski definition) is 0. The van der Waals surface area contributed by atoms with Gasteiger partial charge in [0.05, 0.1) is 12.1 Å². The Morgan fingerprint density at radius 3 is 2.59 bits per heavy atom. The zero-order valence-electron chi connectivity index (χ0n) is 13.9. The molecule has 1 aromatic heterocycles. The van der Waals surface area contributed by atoms with Crippen LogP contribution in [0.4, 0.5) is 0 Å². The van der Waals surface area contributed by atoms with Gasteiger partial charge in [0.25, 0.3) is 0 Å². The fraction of sp³-hybridized carbons (Fsp3) is 0.875. The fourth-order valence-corrected chi connectivity index (χ4v) is 3.67. The summed E-state index contributed by atoms with van der Waals surface area (Å²) in [6.45, 7) is 13.3. The van der Waals surface area contributed by atoms with Crippen LogP contribution < -0.4 is 0 Å². The molecule has 0 N–H and O–H groups in total. The van der Waals surface area contributed by atoms with E-state index in [9.17, 15) is 0 Å². The molecule has 6 heteroatoms. The lowest BCUT2D eigenvalue weighted by atomic mass is 9.88. The molecule has 2 fully saturated rings. The summed E-state index contributed by atoms with van der Waals surface area (Å²) in [6, 6.07) is 0. The van der Waals surface area contributed by atoms with Gasteiger partial charge in [-0.05, 0) is 32.6 Å². The summed E-state index contributed by atoms with van der Waals surface area (Å²) >= 11 is 0. The Labute approximate surface area is 133 Å². The maximum Gasteiger partial charge on any atom is 0.137 e. The molecule has 1 aromatic rings. The maximum atomic E-state index is 5.83. The van der Waals surface area contributed by atoms with Crippen molar-refractivity contribution >= 4 is 0 Å². The summed E-state index contributed by atoms with van der Waals surface area (Å²) in [6.07, 6.45) is 5.81. The van der Waals surface area contributed by atoms with E-state index < -0.39 is 0 Å². The quantitative estimate of drug-likeness (QED) is 0.815. The van der Waals surface area contributed by atoms with E-state index in [4.69, 9.17) is 4.74 Å². The third-order valence-corrected chi connectivity index (χ3v) is 4.89. The van der Waals surface area contributed by atoms with Crippen LogP contribution in [0.2, 0.25) is 0 Å². The van der Waals surface area contributed by atoms with Gasteiger partial charge in [0.2, 0.25) is 0 Å². The SMILES string of the molecule is CC1(C)C[C@@H](CN2CCN(CCn3cncn3)CC2)CCO1. The lowest BCUT2D eigenvalue weighted by molar-refractivity contribution is -0.0781. The molecule has 124 valence electrons. The number of piperazine rings is 1. The Bertz CT molecular complexity index is 439. The molecule has 0 unspecified atom stereocenters. The van der Waals surface area contributed by atoms with E-state index in [1.807, 2.05) is 4.68 Å². The van der Waals surface area contributed by atoms with Gasteiger partial charge in [-0.2, -0.15) is 5.10 Å². The van der Waals surface area contributed by atoms with Crippen molar-refractivity contribution in [2.75, 3.05) is 45.9 Å². The first-order chi connectivity index (χ1) is 10.6. The van der Waals surface area contributed by atoms with Crippen LogP contribution in [0, 0.1) is 5.92 Å². The second-order valence-electron chi connectivity index (χ2n) is 7.27. The van der Waals surface area contributed by atoms with Crippen LogP contribution in [0.15, 0.2) is 12.7 Å². The Balaban J connectivity index is 1.36. The molecule has 2 aliphatic heterocycles. The van der Waals surface area contributed by atoms with E-state index in [0.717, 1.165) is 25.6 Å². The summed E-state index contributed by atoms with van der Waals surface area (Å²) < 4.78 is 7.74. The molecule has 0 aliphatic carbocycles. The standard InChI is InChI=1S/C16H29N5O/c1-16(2)11-15(3-10-22-16)12-20-6-4-19(5-7-20)8-9-21-14-17-13-18-21/h13-15H,3-12H2,1-2H3/t15-/m0/s1. The third kappa shape index (κ3) is 4.51. The van der Waals surface area contributed by atoms with Gasteiger partial charge < -0.3 is 9.64 Å². The maximum absolute atomic E-state index is 5.83. The van der Waals surface area contributed by atoms with Crippen LogP contribution in [-0.4, -0.2) is 76.0 Å². The topological polar surface area (TPSA) is 46.4 Å². The number of rotatable bonds is 5. The Morgan fingerprint density at radius 2 is 1.91 bits per heavy atom. The van der Waals surface area contributed by atoms with Crippen LogP contribution in [0.1, 0.15) is 26.7 Å². The highest BCUT2D eigenvalue weighted by Gasteiger charge is 2.30. The summed E-state index contributed by atoms with van der Waals surface area (Å²) in [5.74, 6) is 0.797. The average Bonchev–Trinajstić information content (AvgIpc) is 2.99. The van der Waals surface area contributed by atoms with E-state index in [1.54, 1.807) is 12.7 Å². The van der Waals surface area contributed by atoms with Crippen LogP contribution in [-0.2, 0) is 11.3 Å².